The van der Waals surface area contributed by atoms with E-state index in [0.717, 1.165) is 11.0 Å². The van der Waals surface area contributed by atoms with Gasteiger partial charge in [-0.05, 0) is 41.5 Å². The largest absolute Gasteiger partial charge is 0.858 e. The average Bonchev–Trinajstić information content (AvgIpc) is 3.14. The van der Waals surface area contributed by atoms with Gasteiger partial charge in [0.15, 0.2) is 0 Å². The highest BCUT2D eigenvalue weighted by molar-refractivity contribution is 7.99. The van der Waals surface area contributed by atoms with E-state index in [-0.39, 0.29) is 5.90 Å². The Labute approximate surface area is 169 Å². The summed E-state index contributed by atoms with van der Waals surface area (Å²) < 4.78 is 0.992. The lowest BCUT2D eigenvalue weighted by atomic mass is 10.1. The fraction of sp³-hybridized carbons (Fsp3) is 0.350. The van der Waals surface area contributed by atoms with Crippen LogP contribution in [0.25, 0.3) is 0 Å². The third kappa shape index (κ3) is 4.74. The highest BCUT2D eigenvalue weighted by atomic mass is 35.5. The van der Waals surface area contributed by atoms with Gasteiger partial charge in [-0.3, -0.25) is 4.99 Å². The highest BCUT2D eigenvalue weighted by Crippen LogP contribution is 2.28. The van der Waals surface area contributed by atoms with Crippen molar-refractivity contribution in [1.82, 2.24) is 0 Å². The molecule has 0 bridgehead atoms. The molecule has 3 nitrogen and oxygen atoms in total. The first-order valence-corrected chi connectivity index (χ1v) is 10.5. The second-order valence-corrected chi connectivity index (χ2v) is 9.13. The van der Waals surface area contributed by atoms with Crippen LogP contribution in [0.5, 0.6) is 0 Å². The van der Waals surface area contributed by atoms with Crippen molar-refractivity contribution < 1.29 is 9.59 Å². The van der Waals surface area contributed by atoms with Gasteiger partial charge in [-0.2, -0.15) is 11.8 Å². The van der Waals surface area contributed by atoms with Crippen LogP contribution < -0.4 is 5.11 Å². The number of benzene rings is 2. The Kier molecular flexibility index (Phi) is 6.18. The number of aliphatic imine (C=N–C) groups is 1. The number of hydrogen-bond donors (Lipinski definition) is 0. The van der Waals surface area contributed by atoms with E-state index in [4.69, 9.17) is 23.2 Å². The Morgan fingerprint density at radius 3 is 2.50 bits per heavy atom. The fourth-order valence-corrected chi connectivity index (χ4v) is 4.91. The zero-order valence-electron chi connectivity index (χ0n) is 14.9. The first kappa shape index (κ1) is 19.6. The van der Waals surface area contributed by atoms with Crippen molar-refractivity contribution in [3.05, 3.63) is 63.6 Å². The molecule has 1 saturated heterocycles. The number of halogens is 2. The van der Waals surface area contributed by atoms with Crippen LogP contribution in [0.1, 0.15) is 17.5 Å². The standard InChI is InChI=1S/C20H22Cl2N2OS/c1-24(2,17-9-10-26-13-17)12-14-3-6-16(7-4-14)23-20(25)15-5-8-18(21)19(22)11-15/h3-8,11,17H,9-10,12-13H2,1-2H3. The van der Waals surface area contributed by atoms with Crippen LogP contribution in [0.15, 0.2) is 47.5 Å². The number of nitrogens with zero attached hydrogens (tertiary/aromatic N) is 2. The molecule has 0 aliphatic carbocycles. The first-order chi connectivity index (χ1) is 12.3. The van der Waals surface area contributed by atoms with E-state index < -0.39 is 0 Å². The molecule has 1 aliphatic heterocycles. The number of hydrogen-bond acceptors (Lipinski definition) is 3. The fourth-order valence-electron chi connectivity index (χ4n) is 3.16. The molecule has 0 amide bonds. The molecule has 1 fully saturated rings. The lowest BCUT2D eigenvalue weighted by Crippen LogP contribution is -2.48. The van der Waals surface area contributed by atoms with Crippen molar-refractivity contribution in [3.63, 3.8) is 0 Å². The lowest BCUT2D eigenvalue weighted by Gasteiger charge is -2.35. The summed E-state index contributed by atoms with van der Waals surface area (Å²) in [5.74, 6) is 2.18. The maximum Gasteiger partial charge on any atom is 0.104 e. The van der Waals surface area contributed by atoms with Crippen LogP contribution >= 0.6 is 35.0 Å². The lowest BCUT2D eigenvalue weighted by molar-refractivity contribution is -0.924. The van der Waals surface area contributed by atoms with Crippen molar-refractivity contribution in [2.24, 2.45) is 4.99 Å². The summed E-state index contributed by atoms with van der Waals surface area (Å²) in [6.45, 7) is 0.978. The molecule has 3 rings (SSSR count). The minimum atomic E-state index is -0.324. The average molecular weight is 409 g/mol. The monoisotopic (exact) mass is 408 g/mol. The Morgan fingerprint density at radius 1 is 1.15 bits per heavy atom. The summed E-state index contributed by atoms with van der Waals surface area (Å²) in [5, 5.41) is 13.1. The van der Waals surface area contributed by atoms with E-state index in [1.807, 2.05) is 23.9 Å². The third-order valence-corrected chi connectivity index (χ3v) is 6.70. The summed E-state index contributed by atoms with van der Waals surface area (Å²) in [4.78, 5) is 4.17. The van der Waals surface area contributed by atoms with Gasteiger partial charge in [0, 0.05) is 17.7 Å². The quantitative estimate of drug-likeness (QED) is 0.414. The second-order valence-electron chi connectivity index (χ2n) is 7.17. The van der Waals surface area contributed by atoms with E-state index in [9.17, 15) is 5.11 Å². The van der Waals surface area contributed by atoms with Crippen LogP contribution in [0.3, 0.4) is 0 Å². The normalized spacial score (nSPS) is 18.3. The van der Waals surface area contributed by atoms with E-state index in [0.29, 0.717) is 27.3 Å². The Balaban J connectivity index is 1.71. The zero-order chi connectivity index (χ0) is 18.7. The first-order valence-electron chi connectivity index (χ1n) is 8.55. The molecule has 1 atom stereocenters. The van der Waals surface area contributed by atoms with Crippen molar-refractivity contribution in [2.45, 2.75) is 19.0 Å². The number of quaternary nitrogens is 1. The van der Waals surface area contributed by atoms with Crippen molar-refractivity contribution in [3.8, 4) is 0 Å². The molecule has 0 radical (unpaired) electrons. The third-order valence-electron chi connectivity index (χ3n) is 4.82. The molecule has 6 heteroatoms. The molecule has 1 unspecified atom stereocenters. The van der Waals surface area contributed by atoms with Crippen molar-refractivity contribution in [2.75, 3.05) is 25.6 Å². The van der Waals surface area contributed by atoms with Crippen molar-refractivity contribution in [1.29, 1.82) is 0 Å². The molecule has 138 valence electrons. The van der Waals surface area contributed by atoms with Gasteiger partial charge in [-0.1, -0.05) is 41.4 Å². The topological polar surface area (TPSA) is 35.4 Å². The predicted octanol–water partition coefficient (Wildman–Crippen LogP) is 4.51. The van der Waals surface area contributed by atoms with E-state index >= 15 is 0 Å². The highest BCUT2D eigenvalue weighted by Gasteiger charge is 2.31. The summed E-state index contributed by atoms with van der Waals surface area (Å²) in [6, 6.07) is 13.4. The van der Waals surface area contributed by atoms with Crippen LogP contribution in [-0.4, -0.2) is 42.0 Å². The minimum absolute atomic E-state index is 0.324. The van der Waals surface area contributed by atoms with E-state index in [1.165, 1.54) is 23.5 Å². The molecule has 2 aromatic carbocycles. The Hall–Kier alpha value is -1.20. The van der Waals surface area contributed by atoms with Gasteiger partial charge >= 0.3 is 0 Å². The molecule has 0 saturated carbocycles. The Bertz CT molecular complexity index is 800. The maximum atomic E-state index is 12.3. The van der Waals surface area contributed by atoms with E-state index in [2.05, 4.69) is 31.2 Å². The maximum absolute atomic E-state index is 12.3. The van der Waals surface area contributed by atoms with Crippen LogP contribution in [-0.2, 0) is 6.54 Å². The summed E-state index contributed by atoms with van der Waals surface area (Å²) in [5.41, 5.74) is 2.33. The second kappa shape index (κ2) is 8.22. The minimum Gasteiger partial charge on any atom is -0.858 e. The summed E-state index contributed by atoms with van der Waals surface area (Å²) in [7, 11) is 4.59. The molecule has 1 heterocycles. The molecule has 0 aromatic heterocycles. The van der Waals surface area contributed by atoms with Gasteiger partial charge in [0.05, 0.1) is 35.9 Å². The smallest absolute Gasteiger partial charge is 0.104 e. The molecule has 1 aliphatic rings. The molecule has 0 spiro atoms. The zero-order valence-corrected chi connectivity index (χ0v) is 17.2. The van der Waals surface area contributed by atoms with Gasteiger partial charge in [0.1, 0.15) is 6.54 Å². The van der Waals surface area contributed by atoms with Gasteiger partial charge < -0.3 is 9.59 Å². The molecule has 0 N–H and O–H groups in total. The molecular formula is C20H22Cl2N2OS. The predicted molar refractivity (Wildman–Crippen MR) is 111 cm³/mol. The summed E-state index contributed by atoms with van der Waals surface area (Å²) in [6.07, 6.45) is 1.28. The van der Waals surface area contributed by atoms with Gasteiger partial charge in [-0.25, -0.2) is 0 Å². The van der Waals surface area contributed by atoms with Crippen molar-refractivity contribution >= 4 is 46.5 Å². The SMILES string of the molecule is C[N+](C)(Cc1ccc(N=C([O-])c2ccc(Cl)c(Cl)c2)cc1)C1CCSC1. The number of thioether (sulfide) groups is 1. The van der Waals surface area contributed by atoms with E-state index in [1.54, 1.807) is 18.2 Å². The van der Waals surface area contributed by atoms with Crippen LogP contribution in [0.2, 0.25) is 10.0 Å². The molecule has 2 aromatic rings. The Morgan fingerprint density at radius 2 is 1.88 bits per heavy atom. The van der Waals surface area contributed by atoms with Crippen LogP contribution in [0, 0.1) is 0 Å². The number of rotatable bonds is 5. The van der Waals surface area contributed by atoms with Gasteiger partial charge in [0.25, 0.3) is 0 Å². The van der Waals surface area contributed by atoms with Gasteiger partial charge in [0.2, 0.25) is 0 Å². The molecular weight excluding hydrogens is 387 g/mol. The molecule has 26 heavy (non-hydrogen) atoms. The van der Waals surface area contributed by atoms with Crippen LogP contribution in [0.4, 0.5) is 5.69 Å². The van der Waals surface area contributed by atoms with Gasteiger partial charge in [-0.15, -0.1) is 0 Å². The summed E-state index contributed by atoms with van der Waals surface area (Å²) >= 11 is 13.9.